The normalized spacial score (nSPS) is 40.6. The SMILES string of the molecule is C[C@H](CCCC(=O)OCc1ccccc1)[C@H]1CC[C@H]2[C@@H]3C(=O)C[C@@H]4C[C@H](O)CC[C@]4(C)[C@H]3CC[C@]12C. The fourth-order valence-corrected chi connectivity index (χ4v) is 9.46. The van der Waals surface area contributed by atoms with Gasteiger partial charge in [0.05, 0.1) is 6.10 Å². The quantitative estimate of drug-likeness (QED) is 0.427. The van der Waals surface area contributed by atoms with E-state index in [4.69, 9.17) is 4.74 Å². The zero-order chi connectivity index (χ0) is 25.5. The molecule has 0 amide bonds. The van der Waals surface area contributed by atoms with E-state index in [1.807, 2.05) is 30.3 Å². The van der Waals surface area contributed by atoms with Gasteiger partial charge in [-0.1, -0.05) is 51.1 Å². The number of aliphatic hydroxyl groups excluding tert-OH is 1. The summed E-state index contributed by atoms with van der Waals surface area (Å²) in [7, 11) is 0. The molecule has 0 aliphatic heterocycles. The van der Waals surface area contributed by atoms with Gasteiger partial charge in [-0.05, 0) is 104 Å². The van der Waals surface area contributed by atoms with Crippen LogP contribution in [-0.2, 0) is 20.9 Å². The molecule has 1 aromatic rings. The lowest BCUT2D eigenvalue weighted by molar-refractivity contribution is -0.160. The largest absolute Gasteiger partial charge is 0.461 e. The van der Waals surface area contributed by atoms with Crippen molar-refractivity contribution in [2.75, 3.05) is 0 Å². The number of carbonyl (C=O) groups is 2. The van der Waals surface area contributed by atoms with E-state index in [2.05, 4.69) is 20.8 Å². The molecule has 0 spiro atoms. The standard InChI is InChI=1S/C32H46O4/c1-21(8-7-11-29(35)36-20-22-9-5-4-6-10-22)25-12-13-26-30-27(15-17-32(25,26)3)31(2)16-14-24(33)18-23(31)19-28(30)34/h4-6,9-10,21,23-27,30,33H,7-8,11-20H2,1-3H3/t21-,23+,24-,25-,26+,27+,30+,31+,32-/m1/s1. The Hall–Kier alpha value is -1.68. The molecule has 4 nitrogen and oxygen atoms in total. The Morgan fingerprint density at radius 1 is 1.06 bits per heavy atom. The molecule has 0 saturated heterocycles. The van der Waals surface area contributed by atoms with Crippen LogP contribution in [-0.4, -0.2) is 23.0 Å². The van der Waals surface area contributed by atoms with Gasteiger partial charge in [-0.15, -0.1) is 0 Å². The van der Waals surface area contributed by atoms with Crippen molar-refractivity contribution in [2.24, 2.45) is 46.3 Å². The van der Waals surface area contributed by atoms with Crippen LogP contribution in [0.25, 0.3) is 0 Å². The Kier molecular flexibility index (Phi) is 7.38. The number of esters is 1. The molecular formula is C32H46O4. The number of ether oxygens (including phenoxy) is 1. The number of rotatable bonds is 7. The second-order valence-corrected chi connectivity index (χ2v) is 13.3. The molecule has 36 heavy (non-hydrogen) atoms. The topological polar surface area (TPSA) is 63.6 Å². The molecule has 4 fully saturated rings. The Balaban J connectivity index is 1.17. The van der Waals surface area contributed by atoms with E-state index in [0.29, 0.717) is 54.8 Å². The molecule has 0 unspecified atom stereocenters. The number of ketones is 1. The number of Topliss-reactive ketones (excluding diaryl/α,β-unsaturated/α-hetero) is 1. The van der Waals surface area contributed by atoms with E-state index in [-0.39, 0.29) is 28.8 Å². The van der Waals surface area contributed by atoms with Crippen LogP contribution >= 0.6 is 0 Å². The van der Waals surface area contributed by atoms with Crippen LogP contribution in [0.1, 0.15) is 97.0 Å². The van der Waals surface area contributed by atoms with Crippen LogP contribution in [0.3, 0.4) is 0 Å². The van der Waals surface area contributed by atoms with Gasteiger partial charge in [0.1, 0.15) is 12.4 Å². The highest BCUT2D eigenvalue weighted by Crippen LogP contribution is 2.67. The minimum Gasteiger partial charge on any atom is -0.461 e. The molecule has 0 aromatic heterocycles. The van der Waals surface area contributed by atoms with E-state index >= 15 is 0 Å². The molecule has 4 aliphatic rings. The van der Waals surface area contributed by atoms with Crippen LogP contribution in [0.15, 0.2) is 30.3 Å². The molecular weight excluding hydrogens is 448 g/mol. The molecule has 0 radical (unpaired) electrons. The van der Waals surface area contributed by atoms with E-state index < -0.39 is 0 Å². The molecule has 9 atom stereocenters. The summed E-state index contributed by atoms with van der Waals surface area (Å²) in [5.41, 5.74) is 1.49. The molecule has 1 aromatic carbocycles. The summed E-state index contributed by atoms with van der Waals surface area (Å²) in [5, 5.41) is 10.3. The van der Waals surface area contributed by atoms with Gasteiger partial charge in [-0.2, -0.15) is 0 Å². The summed E-state index contributed by atoms with van der Waals surface area (Å²) < 4.78 is 5.48. The Labute approximate surface area is 217 Å². The Bertz CT molecular complexity index is 943. The molecule has 5 rings (SSSR count). The van der Waals surface area contributed by atoms with Crippen LogP contribution in [0.5, 0.6) is 0 Å². The molecule has 198 valence electrons. The van der Waals surface area contributed by atoms with Crippen molar-refractivity contribution in [2.45, 2.75) is 104 Å². The van der Waals surface area contributed by atoms with Crippen LogP contribution < -0.4 is 0 Å². The summed E-state index contributed by atoms with van der Waals surface area (Å²) in [6.07, 6.45) is 10.5. The van der Waals surface area contributed by atoms with Gasteiger partial charge in [0, 0.05) is 18.8 Å². The van der Waals surface area contributed by atoms with Crippen molar-refractivity contribution in [1.82, 2.24) is 0 Å². The van der Waals surface area contributed by atoms with Gasteiger partial charge in [-0.3, -0.25) is 9.59 Å². The van der Waals surface area contributed by atoms with E-state index in [1.165, 1.54) is 25.7 Å². The lowest BCUT2D eigenvalue weighted by Crippen LogP contribution is -2.57. The highest BCUT2D eigenvalue weighted by molar-refractivity contribution is 5.83. The third kappa shape index (κ3) is 4.68. The van der Waals surface area contributed by atoms with Crippen molar-refractivity contribution in [1.29, 1.82) is 0 Å². The predicted octanol–water partition coefficient (Wildman–Crippen LogP) is 6.74. The van der Waals surface area contributed by atoms with Crippen LogP contribution in [0.4, 0.5) is 0 Å². The summed E-state index contributed by atoms with van der Waals surface area (Å²) in [6.45, 7) is 7.67. The van der Waals surface area contributed by atoms with E-state index in [0.717, 1.165) is 37.7 Å². The fourth-order valence-electron chi connectivity index (χ4n) is 9.46. The molecule has 0 heterocycles. The number of hydrogen-bond acceptors (Lipinski definition) is 4. The number of benzene rings is 1. The zero-order valence-electron chi connectivity index (χ0n) is 22.6. The van der Waals surface area contributed by atoms with E-state index in [1.54, 1.807) is 0 Å². The van der Waals surface area contributed by atoms with Gasteiger partial charge < -0.3 is 9.84 Å². The fraction of sp³-hybridized carbons (Fsp3) is 0.750. The first-order valence-electron chi connectivity index (χ1n) is 14.6. The molecule has 4 saturated carbocycles. The van der Waals surface area contributed by atoms with Crippen LogP contribution in [0.2, 0.25) is 0 Å². The highest BCUT2D eigenvalue weighted by Gasteiger charge is 2.62. The van der Waals surface area contributed by atoms with Crippen molar-refractivity contribution in [3.63, 3.8) is 0 Å². The Morgan fingerprint density at radius 3 is 2.56 bits per heavy atom. The number of carbonyl (C=O) groups excluding carboxylic acids is 2. The summed E-state index contributed by atoms with van der Waals surface area (Å²) in [5.74, 6) is 3.21. The first-order chi connectivity index (χ1) is 17.2. The highest BCUT2D eigenvalue weighted by atomic mass is 16.5. The van der Waals surface area contributed by atoms with Gasteiger partial charge in [0.2, 0.25) is 0 Å². The second-order valence-electron chi connectivity index (χ2n) is 13.3. The third-order valence-electron chi connectivity index (χ3n) is 11.5. The predicted molar refractivity (Wildman–Crippen MR) is 141 cm³/mol. The second kappa shape index (κ2) is 10.2. The average molecular weight is 495 g/mol. The van der Waals surface area contributed by atoms with Crippen molar-refractivity contribution >= 4 is 11.8 Å². The first kappa shape index (κ1) is 25.9. The van der Waals surface area contributed by atoms with Gasteiger partial charge >= 0.3 is 5.97 Å². The van der Waals surface area contributed by atoms with E-state index in [9.17, 15) is 14.7 Å². The molecule has 1 N–H and O–H groups in total. The maximum absolute atomic E-state index is 13.6. The first-order valence-corrected chi connectivity index (χ1v) is 14.6. The van der Waals surface area contributed by atoms with Crippen molar-refractivity contribution < 1.29 is 19.4 Å². The van der Waals surface area contributed by atoms with Crippen molar-refractivity contribution in [3.8, 4) is 0 Å². The summed E-state index contributed by atoms with van der Waals surface area (Å²) in [6, 6.07) is 9.86. The minimum absolute atomic E-state index is 0.102. The van der Waals surface area contributed by atoms with Gasteiger partial charge in [0.15, 0.2) is 0 Å². The van der Waals surface area contributed by atoms with Gasteiger partial charge in [-0.25, -0.2) is 0 Å². The minimum atomic E-state index is -0.214. The maximum Gasteiger partial charge on any atom is 0.306 e. The number of fused-ring (bicyclic) bond motifs is 5. The van der Waals surface area contributed by atoms with Gasteiger partial charge in [0.25, 0.3) is 0 Å². The Morgan fingerprint density at radius 2 is 1.78 bits per heavy atom. The lowest BCUT2D eigenvalue weighted by atomic mass is 9.44. The average Bonchev–Trinajstić information content (AvgIpc) is 3.21. The monoisotopic (exact) mass is 494 g/mol. The smallest absolute Gasteiger partial charge is 0.306 e. The molecule has 4 aliphatic carbocycles. The zero-order valence-corrected chi connectivity index (χ0v) is 22.6. The van der Waals surface area contributed by atoms with Crippen LogP contribution in [0, 0.1) is 46.3 Å². The summed E-state index contributed by atoms with van der Waals surface area (Å²) >= 11 is 0. The van der Waals surface area contributed by atoms with Crippen molar-refractivity contribution in [3.05, 3.63) is 35.9 Å². The number of hydrogen-bond donors (Lipinski definition) is 1. The molecule has 0 bridgehead atoms. The summed E-state index contributed by atoms with van der Waals surface area (Å²) in [4.78, 5) is 25.9. The third-order valence-corrected chi connectivity index (χ3v) is 11.5. The lowest BCUT2D eigenvalue weighted by Gasteiger charge is -2.60. The maximum atomic E-state index is 13.6. The number of aliphatic hydroxyl groups is 1. The molecule has 4 heteroatoms.